The molecule has 5 heteroatoms. The van der Waals surface area contributed by atoms with Crippen molar-refractivity contribution in [3.63, 3.8) is 0 Å². The molecule has 0 saturated heterocycles. The molecule has 0 bridgehead atoms. The number of carboxylic acid groups (broad SMARTS) is 1. The Hall–Kier alpha value is -2.04. The third-order valence-corrected chi connectivity index (χ3v) is 3.64. The first-order valence-corrected chi connectivity index (χ1v) is 7.81. The Labute approximate surface area is 141 Å². The van der Waals surface area contributed by atoms with Crippen molar-refractivity contribution in [3.05, 3.63) is 64.7 Å². The van der Waals surface area contributed by atoms with Crippen LogP contribution in [0.1, 0.15) is 22.3 Å². The van der Waals surface area contributed by atoms with E-state index in [1.54, 1.807) is 30.3 Å². The summed E-state index contributed by atoms with van der Waals surface area (Å²) in [5.41, 5.74) is 1.31. The lowest BCUT2D eigenvalue weighted by Gasteiger charge is -2.17. The van der Waals surface area contributed by atoms with Crippen LogP contribution in [-0.4, -0.2) is 36.2 Å². The predicted molar refractivity (Wildman–Crippen MR) is 91.3 cm³/mol. The van der Waals surface area contributed by atoms with Crippen LogP contribution in [0.4, 0.5) is 0 Å². The molecule has 0 fully saturated rings. The monoisotopic (exact) mass is 333 g/mol. The molecule has 0 aliphatic carbocycles. The summed E-state index contributed by atoms with van der Waals surface area (Å²) in [7, 11) is 2.01. The van der Waals surface area contributed by atoms with E-state index in [1.807, 2.05) is 25.2 Å². The molecule has 122 valence electrons. The average molecular weight is 334 g/mol. The molecule has 0 aromatic heterocycles. The van der Waals surface area contributed by atoms with Gasteiger partial charge in [-0.25, -0.2) is 4.79 Å². The fraction of sp³-hybridized carbons (Fsp3) is 0.278. The standard InChI is InChI=1S/C18H20ClNO3/c1-20(13-14-4-2-5-15(12-14)18(21)22)10-3-11-23-17-8-6-16(19)7-9-17/h2,4-9,12H,3,10-11,13H2,1H3,(H,21,22). The number of aromatic carboxylic acids is 1. The number of hydrogen-bond acceptors (Lipinski definition) is 3. The van der Waals surface area contributed by atoms with Gasteiger partial charge in [0, 0.05) is 18.1 Å². The first kappa shape index (κ1) is 17.3. The fourth-order valence-corrected chi connectivity index (χ4v) is 2.37. The second-order valence-corrected chi connectivity index (χ2v) is 5.84. The zero-order valence-corrected chi connectivity index (χ0v) is 13.8. The SMILES string of the molecule is CN(CCCOc1ccc(Cl)cc1)Cc1cccc(C(=O)O)c1. The van der Waals surface area contributed by atoms with E-state index in [4.69, 9.17) is 21.4 Å². The van der Waals surface area contributed by atoms with E-state index in [-0.39, 0.29) is 0 Å². The van der Waals surface area contributed by atoms with Crippen molar-refractivity contribution >= 4 is 17.6 Å². The molecule has 4 nitrogen and oxygen atoms in total. The van der Waals surface area contributed by atoms with Gasteiger partial charge in [0.05, 0.1) is 12.2 Å². The van der Waals surface area contributed by atoms with E-state index in [9.17, 15) is 4.79 Å². The average Bonchev–Trinajstić information content (AvgIpc) is 2.53. The zero-order valence-electron chi connectivity index (χ0n) is 13.0. The van der Waals surface area contributed by atoms with Crippen LogP contribution in [0.3, 0.4) is 0 Å². The first-order chi connectivity index (χ1) is 11.0. The summed E-state index contributed by atoms with van der Waals surface area (Å²) in [5, 5.41) is 9.70. The summed E-state index contributed by atoms with van der Waals surface area (Å²) >= 11 is 5.82. The molecule has 0 atom stereocenters. The lowest BCUT2D eigenvalue weighted by Crippen LogP contribution is -2.21. The first-order valence-electron chi connectivity index (χ1n) is 7.44. The topological polar surface area (TPSA) is 49.8 Å². The second kappa shape index (κ2) is 8.56. The predicted octanol–water partition coefficient (Wildman–Crippen LogP) is 3.94. The lowest BCUT2D eigenvalue weighted by molar-refractivity contribution is 0.0696. The Morgan fingerprint density at radius 1 is 1.22 bits per heavy atom. The molecule has 0 spiro atoms. The highest BCUT2D eigenvalue weighted by Crippen LogP contribution is 2.15. The fourth-order valence-electron chi connectivity index (χ4n) is 2.25. The van der Waals surface area contributed by atoms with Crippen LogP contribution in [-0.2, 0) is 6.54 Å². The van der Waals surface area contributed by atoms with E-state index in [0.29, 0.717) is 23.7 Å². The van der Waals surface area contributed by atoms with Crippen molar-refractivity contribution in [2.45, 2.75) is 13.0 Å². The summed E-state index contributed by atoms with van der Waals surface area (Å²) in [6.45, 7) is 2.20. The zero-order chi connectivity index (χ0) is 16.7. The van der Waals surface area contributed by atoms with Crippen LogP contribution >= 0.6 is 11.6 Å². The number of halogens is 1. The Bertz CT molecular complexity index is 643. The maximum atomic E-state index is 11.0. The molecular weight excluding hydrogens is 314 g/mol. The van der Waals surface area contributed by atoms with E-state index in [2.05, 4.69) is 4.90 Å². The Morgan fingerprint density at radius 3 is 2.65 bits per heavy atom. The van der Waals surface area contributed by atoms with Gasteiger partial charge in [-0.2, -0.15) is 0 Å². The summed E-state index contributed by atoms with van der Waals surface area (Å²) in [6, 6.07) is 14.3. The van der Waals surface area contributed by atoms with Crippen LogP contribution in [0.2, 0.25) is 5.02 Å². The maximum Gasteiger partial charge on any atom is 0.335 e. The number of rotatable bonds is 8. The molecule has 0 aliphatic heterocycles. The number of ether oxygens (including phenoxy) is 1. The van der Waals surface area contributed by atoms with Crippen molar-refractivity contribution in [1.29, 1.82) is 0 Å². The molecule has 23 heavy (non-hydrogen) atoms. The minimum absolute atomic E-state index is 0.321. The summed E-state index contributed by atoms with van der Waals surface area (Å²) < 4.78 is 5.65. The van der Waals surface area contributed by atoms with Gasteiger partial charge in [0.2, 0.25) is 0 Å². The van der Waals surface area contributed by atoms with Gasteiger partial charge in [-0.3, -0.25) is 0 Å². The second-order valence-electron chi connectivity index (χ2n) is 5.40. The molecular formula is C18H20ClNO3. The van der Waals surface area contributed by atoms with E-state index < -0.39 is 5.97 Å². The van der Waals surface area contributed by atoms with Gasteiger partial charge in [-0.1, -0.05) is 23.7 Å². The highest BCUT2D eigenvalue weighted by Gasteiger charge is 2.05. The molecule has 2 rings (SSSR count). The molecule has 0 unspecified atom stereocenters. The third-order valence-electron chi connectivity index (χ3n) is 3.39. The summed E-state index contributed by atoms with van der Waals surface area (Å²) in [4.78, 5) is 13.1. The Kier molecular flexibility index (Phi) is 6.44. The highest BCUT2D eigenvalue weighted by molar-refractivity contribution is 6.30. The van der Waals surface area contributed by atoms with Gasteiger partial charge in [-0.05, 0) is 55.4 Å². The van der Waals surface area contributed by atoms with Gasteiger partial charge in [0.25, 0.3) is 0 Å². The number of hydrogen-bond donors (Lipinski definition) is 1. The highest BCUT2D eigenvalue weighted by atomic mass is 35.5. The number of carbonyl (C=O) groups is 1. The summed E-state index contributed by atoms with van der Waals surface area (Å²) in [5.74, 6) is -0.0860. The number of carboxylic acids is 1. The van der Waals surface area contributed by atoms with Crippen molar-refractivity contribution in [3.8, 4) is 5.75 Å². The van der Waals surface area contributed by atoms with E-state index in [1.165, 1.54) is 0 Å². The molecule has 0 amide bonds. The normalized spacial score (nSPS) is 10.7. The molecule has 0 saturated carbocycles. The molecule has 0 radical (unpaired) electrons. The minimum Gasteiger partial charge on any atom is -0.494 e. The van der Waals surface area contributed by atoms with Gasteiger partial charge in [0.15, 0.2) is 0 Å². The van der Waals surface area contributed by atoms with Crippen LogP contribution < -0.4 is 4.74 Å². The Morgan fingerprint density at radius 2 is 1.96 bits per heavy atom. The molecule has 2 aromatic rings. The van der Waals surface area contributed by atoms with Gasteiger partial charge < -0.3 is 14.7 Å². The van der Waals surface area contributed by atoms with Crippen LogP contribution in [0, 0.1) is 0 Å². The van der Waals surface area contributed by atoms with Crippen LogP contribution in [0.15, 0.2) is 48.5 Å². The Balaban J connectivity index is 1.72. The largest absolute Gasteiger partial charge is 0.494 e. The quantitative estimate of drug-likeness (QED) is 0.743. The smallest absolute Gasteiger partial charge is 0.335 e. The lowest BCUT2D eigenvalue weighted by atomic mass is 10.1. The summed E-state index contributed by atoms with van der Waals surface area (Å²) in [6.07, 6.45) is 0.887. The number of nitrogens with zero attached hydrogens (tertiary/aromatic N) is 1. The van der Waals surface area contributed by atoms with Crippen molar-refractivity contribution in [2.75, 3.05) is 20.2 Å². The minimum atomic E-state index is -0.897. The molecule has 1 N–H and O–H groups in total. The third kappa shape index (κ3) is 5.93. The van der Waals surface area contributed by atoms with E-state index >= 15 is 0 Å². The van der Waals surface area contributed by atoms with Gasteiger partial charge in [-0.15, -0.1) is 0 Å². The van der Waals surface area contributed by atoms with Crippen LogP contribution in [0.5, 0.6) is 5.75 Å². The van der Waals surface area contributed by atoms with Crippen molar-refractivity contribution in [1.82, 2.24) is 4.90 Å². The van der Waals surface area contributed by atoms with Gasteiger partial charge in [0.1, 0.15) is 5.75 Å². The maximum absolute atomic E-state index is 11.0. The van der Waals surface area contributed by atoms with Crippen LogP contribution in [0.25, 0.3) is 0 Å². The van der Waals surface area contributed by atoms with E-state index in [0.717, 1.165) is 24.3 Å². The number of benzene rings is 2. The molecule has 0 aliphatic rings. The van der Waals surface area contributed by atoms with Crippen molar-refractivity contribution < 1.29 is 14.6 Å². The van der Waals surface area contributed by atoms with Crippen molar-refractivity contribution in [2.24, 2.45) is 0 Å². The molecule has 0 heterocycles. The molecule has 2 aromatic carbocycles. The van der Waals surface area contributed by atoms with Gasteiger partial charge >= 0.3 is 5.97 Å².